The highest BCUT2D eigenvalue weighted by Crippen LogP contribution is 2.32. The Hall–Kier alpha value is -4.36. The third kappa shape index (κ3) is 5.10. The van der Waals surface area contributed by atoms with Gasteiger partial charge in [0.2, 0.25) is 0 Å². The third-order valence-corrected chi connectivity index (χ3v) is 6.66. The van der Waals surface area contributed by atoms with Crippen LogP contribution in [0.25, 0.3) is 21.9 Å². The maximum atomic E-state index is 9.84. The van der Waals surface area contributed by atoms with E-state index in [2.05, 4.69) is 57.3 Å². The van der Waals surface area contributed by atoms with Crippen molar-refractivity contribution >= 4 is 22.1 Å². The highest BCUT2D eigenvalue weighted by molar-refractivity contribution is 7.09. The highest BCUT2D eigenvalue weighted by atomic mass is 32.1. The van der Waals surface area contributed by atoms with E-state index >= 15 is 0 Å². The zero-order valence-corrected chi connectivity index (χ0v) is 19.7. The molecule has 0 atom stereocenters. The molecule has 0 bridgehead atoms. The Kier molecular flexibility index (Phi) is 6.59. The lowest BCUT2D eigenvalue weighted by molar-refractivity contribution is 0.247. The molecule has 6 heteroatoms. The van der Waals surface area contributed by atoms with Crippen molar-refractivity contribution < 1.29 is 0 Å². The molecule has 5 rings (SSSR count). The van der Waals surface area contributed by atoms with Gasteiger partial charge in [0.1, 0.15) is 6.07 Å². The molecule has 0 unspecified atom stereocenters. The van der Waals surface area contributed by atoms with Crippen LogP contribution in [0.1, 0.15) is 27.3 Å². The number of rotatable bonds is 7. The van der Waals surface area contributed by atoms with Crippen LogP contribution in [0.4, 0.5) is 0 Å². The summed E-state index contributed by atoms with van der Waals surface area (Å²) in [6.45, 7) is 2.05. The van der Waals surface area contributed by atoms with E-state index in [4.69, 9.17) is 5.26 Å². The zero-order chi connectivity index (χ0) is 24.0. The Morgan fingerprint density at radius 3 is 2.46 bits per heavy atom. The van der Waals surface area contributed by atoms with E-state index in [0.29, 0.717) is 24.2 Å². The van der Waals surface area contributed by atoms with Crippen LogP contribution in [-0.2, 0) is 19.6 Å². The molecule has 3 aromatic carbocycles. The summed E-state index contributed by atoms with van der Waals surface area (Å²) in [7, 11) is 0. The second kappa shape index (κ2) is 10.3. The first-order valence-electron chi connectivity index (χ1n) is 11.2. The first-order chi connectivity index (χ1) is 17.2. The fourth-order valence-corrected chi connectivity index (χ4v) is 4.89. The maximum Gasteiger partial charge on any atom is 0.101 e. The molecule has 0 radical (unpaired) electrons. The summed E-state index contributed by atoms with van der Waals surface area (Å²) in [4.78, 5) is 12.2. The van der Waals surface area contributed by atoms with Crippen LogP contribution in [0.2, 0.25) is 0 Å². The largest absolute Gasteiger partial charge is 0.288 e. The number of hydrogen-bond acceptors (Lipinski definition) is 6. The zero-order valence-electron chi connectivity index (χ0n) is 18.9. The Balaban J connectivity index is 1.49. The molecule has 2 aromatic heterocycles. The molecule has 0 spiro atoms. The van der Waals surface area contributed by atoms with E-state index in [1.54, 1.807) is 23.6 Å². The Bertz CT molecular complexity index is 1540. The standard InChI is InChI=1S/C29H21N5S/c30-13-22-9-11-25(33-15-22)18-34(19-26-16-32-20-35-26)17-21-8-10-24(14-31)29(12-21)28-7-3-5-23-4-1-2-6-27(23)28/h1-12,15-16,20H,17-19H2. The number of benzene rings is 3. The van der Waals surface area contributed by atoms with Crippen LogP contribution in [0.15, 0.2) is 90.7 Å². The predicted molar refractivity (Wildman–Crippen MR) is 138 cm³/mol. The molecule has 0 aliphatic rings. The molecule has 0 saturated heterocycles. The van der Waals surface area contributed by atoms with E-state index in [1.807, 2.05) is 48.1 Å². The van der Waals surface area contributed by atoms with Crippen molar-refractivity contribution in [2.24, 2.45) is 0 Å². The van der Waals surface area contributed by atoms with Gasteiger partial charge in [0.05, 0.1) is 28.4 Å². The molecule has 0 amide bonds. The third-order valence-electron chi connectivity index (χ3n) is 5.89. The maximum absolute atomic E-state index is 9.84. The number of aromatic nitrogens is 2. The smallest absolute Gasteiger partial charge is 0.101 e. The fraction of sp³-hybridized carbons (Fsp3) is 0.103. The van der Waals surface area contributed by atoms with Crippen molar-refractivity contribution in [1.29, 1.82) is 10.5 Å². The second-order valence-electron chi connectivity index (χ2n) is 8.28. The molecule has 0 aliphatic heterocycles. The number of pyridine rings is 1. The summed E-state index contributed by atoms with van der Waals surface area (Å²) >= 11 is 1.63. The van der Waals surface area contributed by atoms with Gasteiger partial charge in [-0.05, 0) is 46.2 Å². The minimum atomic E-state index is 0.551. The topological polar surface area (TPSA) is 76.6 Å². The second-order valence-corrected chi connectivity index (χ2v) is 9.25. The minimum Gasteiger partial charge on any atom is -0.288 e. The number of nitriles is 2. The van der Waals surface area contributed by atoms with E-state index < -0.39 is 0 Å². The van der Waals surface area contributed by atoms with Gasteiger partial charge in [-0.2, -0.15) is 10.5 Å². The highest BCUT2D eigenvalue weighted by Gasteiger charge is 2.14. The molecule has 0 fully saturated rings. The van der Waals surface area contributed by atoms with Gasteiger partial charge < -0.3 is 0 Å². The molecule has 0 saturated carbocycles. The van der Waals surface area contributed by atoms with Crippen LogP contribution < -0.4 is 0 Å². The van der Waals surface area contributed by atoms with E-state index in [1.165, 1.54) is 4.88 Å². The Labute approximate surface area is 208 Å². The Morgan fingerprint density at radius 2 is 1.69 bits per heavy atom. The molecule has 168 valence electrons. The van der Waals surface area contributed by atoms with Crippen molar-refractivity contribution in [2.75, 3.05) is 0 Å². The lowest BCUT2D eigenvalue weighted by Gasteiger charge is -2.22. The Morgan fingerprint density at radius 1 is 0.800 bits per heavy atom. The van der Waals surface area contributed by atoms with Crippen LogP contribution in [0.3, 0.4) is 0 Å². The number of fused-ring (bicyclic) bond motifs is 1. The van der Waals surface area contributed by atoms with Gasteiger partial charge in [0, 0.05) is 42.5 Å². The number of hydrogen-bond donors (Lipinski definition) is 0. The monoisotopic (exact) mass is 471 g/mol. The van der Waals surface area contributed by atoms with Crippen molar-refractivity contribution in [1.82, 2.24) is 14.9 Å². The van der Waals surface area contributed by atoms with Gasteiger partial charge in [-0.3, -0.25) is 14.9 Å². The van der Waals surface area contributed by atoms with E-state index in [9.17, 15) is 5.26 Å². The summed E-state index contributed by atoms with van der Waals surface area (Å²) in [5.74, 6) is 0. The van der Waals surface area contributed by atoms with Crippen molar-refractivity contribution in [3.8, 4) is 23.3 Å². The van der Waals surface area contributed by atoms with E-state index in [0.717, 1.165) is 39.7 Å². The normalized spacial score (nSPS) is 10.8. The molecule has 5 nitrogen and oxygen atoms in total. The van der Waals surface area contributed by atoms with Gasteiger partial charge in [-0.25, -0.2) is 0 Å². The van der Waals surface area contributed by atoms with E-state index in [-0.39, 0.29) is 0 Å². The quantitative estimate of drug-likeness (QED) is 0.278. The van der Waals surface area contributed by atoms with Gasteiger partial charge in [0.25, 0.3) is 0 Å². The first-order valence-corrected chi connectivity index (χ1v) is 12.1. The molecular formula is C29H21N5S. The summed E-state index contributed by atoms with van der Waals surface area (Å²) in [5.41, 5.74) is 7.07. The lowest BCUT2D eigenvalue weighted by atomic mass is 9.93. The number of nitrogens with zero attached hydrogens (tertiary/aromatic N) is 5. The first kappa shape index (κ1) is 22.4. The van der Waals surface area contributed by atoms with Gasteiger partial charge in [-0.1, -0.05) is 48.5 Å². The molecule has 35 heavy (non-hydrogen) atoms. The van der Waals surface area contributed by atoms with Gasteiger partial charge >= 0.3 is 0 Å². The van der Waals surface area contributed by atoms with Crippen LogP contribution in [0.5, 0.6) is 0 Å². The predicted octanol–water partition coefficient (Wildman–Crippen LogP) is 6.30. The average Bonchev–Trinajstić information content (AvgIpc) is 3.42. The summed E-state index contributed by atoms with van der Waals surface area (Å²) in [6, 6.07) is 28.7. The fourth-order valence-electron chi connectivity index (χ4n) is 4.25. The molecule has 0 aliphatic carbocycles. The van der Waals surface area contributed by atoms with Gasteiger partial charge in [-0.15, -0.1) is 11.3 Å². The van der Waals surface area contributed by atoms with Crippen LogP contribution in [-0.4, -0.2) is 14.9 Å². The van der Waals surface area contributed by atoms with Crippen molar-refractivity contribution in [3.05, 3.63) is 118 Å². The van der Waals surface area contributed by atoms with Gasteiger partial charge in [0.15, 0.2) is 0 Å². The minimum absolute atomic E-state index is 0.551. The lowest BCUT2D eigenvalue weighted by Crippen LogP contribution is -2.22. The molecule has 2 heterocycles. The number of thiazole rings is 1. The molecule has 0 N–H and O–H groups in total. The summed E-state index contributed by atoms with van der Waals surface area (Å²) in [6.07, 6.45) is 3.50. The van der Waals surface area contributed by atoms with Crippen molar-refractivity contribution in [2.45, 2.75) is 19.6 Å². The molecular weight excluding hydrogens is 450 g/mol. The van der Waals surface area contributed by atoms with Crippen molar-refractivity contribution in [3.63, 3.8) is 0 Å². The van der Waals surface area contributed by atoms with Crippen LogP contribution >= 0.6 is 11.3 Å². The summed E-state index contributed by atoms with van der Waals surface area (Å²) < 4.78 is 0. The summed E-state index contributed by atoms with van der Waals surface area (Å²) in [5, 5.41) is 21.2. The average molecular weight is 472 g/mol. The SMILES string of the molecule is N#Cc1ccc(CN(Cc2ccc(C#N)c(-c3cccc4ccccc34)c2)Cc2cncs2)nc1. The molecule has 5 aromatic rings. The van der Waals surface area contributed by atoms with Crippen LogP contribution in [0, 0.1) is 22.7 Å².